The summed E-state index contributed by atoms with van der Waals surface area (Å²) in [5, 5.41) is 3.36. The molecule has 0 heterocycles. The van der Waals surface area contributed by atoms with Crippen LogP contribution in [0.4, 0.5) is 10.5 Å². The predicted octanol–water partition coefficient (Wildman–Crippen LogP) is 3.94. The lowest BCUT2D eigenvalue weighted by Crippen LogP contribution is -2.37. The first-order valence-electron chi connectivity index (χ1n) is 6.19. The molecule has 1 N–H and O–H groups in total. The molecular formula is C14H17ClN2O. The number of hydrogen-bond donors (Lipinski definition) is 1. The average Bonchev–Trinajstić information content (AvgIpc) is 2.42. The maximum Gasteiger partial charge on any atom is 0.325 e. The minimum Gasteiger partial charge on any atom is -0.340 e. The summed E-state index contributed by atoms with van der Waals surface area (Å²) in [7, 11) is 1.65. The van der Waals surface area contributed by atoms with Crippen LogP contribution in [0.25, 0.3) is 0 Å². The minimum atomic E-state index is -0.106. The zero-order chi connectivity index (χ0) is 13.0. The van der Waals surface area contributed by atoms with Gasteiger partial charge in [0.1, 0.15) is 0 Å². The van der Waals surface area contributed by atoms with Crippen LogP contribution in [0.3, 0.4) is 0 Å². The molecule has 3 nitrogen and oxygen atoms in total. The number of rotatable bonds is 2. The monoisotopic (exact) mass is 264 g/mol. The van der Waals surface area contributed by atoms with Crippen molar-refractivity contribution in [3.63, 3.8) is 0 Å². The first kappa shape index (κ1) is 13.0. The van der Waals surface area contributed by atoms with E-state index in [2.05, 4.69) is 11.4 Å². The van der Waals surface area contributed by atoms with Gasteiger partial charge in [0.25, 0.3) is 0 Å². The molecule has 0 atom stereocenters. The van der Waals surface area contributed by atoms with Crippen LogP contribution in [-0.2, 0) is 0 Å². The number of nitrogens with zero attached hydrogens (tertiary/aromatic N) is 1. The fourth-order valence-corrected chi connectivity index (χ4v) is 2.27. The fourth-order valence-electron chi connectivity index (χ4n) is 2.14. The molecule has 0 radical (unpaired) electrons. The second-order valence-corrected chi connectivity index (χ2v) is 4.74. The number of benzene rings is 1. The van der Waals surface area contributed by atoms with Gasteiger partial charge in [-0.15, -0.1) is 0 Å². The van der Waals surface area contributed by atoms with Crippen molar-refractivity contribution >= 4 is 23.3 Å². The van der Waals surface area contributed by atoms with Crippen molar-refractivity contribution in [1.29, 1.82) is 0 Å². The summed E-state index contributed by atoms with van der Waals surface area (Å²) in [6, 6.07) is 7.23. The highest BCUT2D eigenvalue weighted by Crippen LogP contribution is 2.27. The molecule has 0 fully saturated rings. The Kier molecular flexibility index (Phi) is 4.26. The van der Waals surface area contributed by atoms with Gasteiger partial charge in [0.15, 0.2) is 0 Å². The predicted molar refractivity (Wildman–Crippen MR) is 74.9 cm³/mol. The van der Waals surface area contributed by atoms with Crippen LogP contribution >= 0.6 is 11.6 Å². The van der Waals surface area contributed by atoms with E-state index in [-0.39, 0.29) is 6.03 Å². The number of nitrogens with one attached hydrogen (secondary N) is 1. The third-order valence-electron chi connectivity index (χ3n) is 3.06. The van der Waals surface area contributed by atoms with E-state index in [1.54, 1.807) is 24.1 Å². The normalized spacial score (nSPS) is 14.9. The first-order valence-corrected chi connectivity index (χ1v) is 6.56. The summed E-state index contributed by atoms with van der Waals surface area (Å²) in [6.45, 7) is 0. The lowest BCUT2D eigenvalue weighted by atomic mass is 10.0. The highest BCUT2D eigenvalue weighted by molar-refractivity contribution is 6.30. The molecule has 0 spiro atoms. The number of carbonyl (C=O) groups excluding carboxylic acids is 1. The van der Waals surface area contributed by atoms with Gasteiger partial charge in [-0.1, -0.05) is 17.7 Å². The van der Waals surface area contributed by atoms with Gasteiger partial charge >= 0.3 is 6.03 Å². The molecule has 2 amide bonds. The van der Waals surface area contributed by atoms with Crippen molar-refractivity contribution in [2.75, 3.05) is 11.9 Å². The van der Waals surface area contributed by atoms with Gasteiger partial charge in [0.2, 0.25) is 0 Å². The molecule has 0 aliphatic heterocycles. The quantitative estimate of drug-likeness (QED) is 0.862. The molecule has 18 heavy (non-hydrogen) atoms. The van der Waals surface area contributed by atoms with Crippen LogP contribution in [0.2, 0.25) is 5.02 Å². The smallest absolute Gasteiger partial charge is 0.325 e. The summed E-state index contributed by atoms with van der Waals surface area (Å²) >= 11 is 5.88. The minimum absolute atomic E-state index is 0.106. The number of carbonyl (C=O) groups is 1. The van der Waals surface area contributed by atoms with Crippen LogP contribution in [0.15, 0.2) is 36.0 Å². The van der Waals surface area contributed by atoms with Crippen LogP contribution in [0.1, 0.15) is 25.7 Å². The van der Waals surface area contributed by atoms with E-state index >= 15 is 0 Å². The van der Waals surface area contributed by atoms with Crippen molar-refractivity contribution in [2.24, 2.45) is 0 Å². The van der Waals surface area contributed by atoms with Crippen molar-refractivity contribution in [1.82, 2.24) is 5.32 Å². The summed E-state index contributed by atoms with van der Waals surface area (Å²) in [5.41, 5.74) is 1.93. The largest absolute Gasteiger partial charge is 0.340 e. The zero-order valence-electron chi connectivity index (χ0n) is 10.4. The molecule has 1 aromatic rings. The van der Waals surface area contributed by atoms with Crippen molar-refractivity contribution < 1.29 is 4.79 Å². The first-order chi connectivity index (χ1) is 8.72. The van der Waals surface area contributed by atoms with Crippen LogP contribution < -0.4 is 10.2 Å². The van der Waals surface area contributed by atoms with Crippen molar-refractivity contribution in [3.8, 4) is 0 Å². The van der Waals surface area contributed by atoms with Gasteiger partial charge in [-0.3, -0.25) is 4.90 Å². The molecule has 0 saturated carbocycles. The lowest BCUT2D eigenvalue weighted by molar-refractivity contribution is 0.249. The van der Waals surface area contributed by atoms with Gasteiger partial charge in [-0.25, -0.2) is 4.79 Å². The molecule has 1 aliphatic carbocycles. The highest BCUT2D eigenvalue weighted by Gasteiger charge is 2.20. The van der Waals surface area contributed by atoms with Crippen molar-refractivity contribution in [3.05, 3.63) is 41.1 Å². The van der Waals surface area contributed by atoms with Crippen LogP contribution in [0.5, 0.6) is 0 Å². The van der Waals surface area contributed by atoms with E-state index in [1.807, 2.05) is 12.1 Å². The molecule has 1 aromatic carbocycles. The lowest BCUT2D eigenvalue weighted by Gasteiger charge is -2.27. The van der Waals surface area contributed by atoms with Crippen molar-refractivity contribution in [2.45, 2.75) is 25.7 Å². The Morgan fingerprint density at radius 2 is 2.00 bits per heavy atom. The fraction of sp³-hybridized carbons (Fsp3) is 0.357. The summed E-state index contributed by atoms with van der Waals surface area (Å²) in [6.07, 6.45) is 6.46. The van der Waals surface area contributed by atoms with E-state index in [4.69, 9.17) is 11.6 Å². The van der Waals surface area contributed by atoms with E-state index < -0.39 is 0 Å². The Hall–Kier alpha value is -1.48. The number of halogens is 1. The maximum atomic E-state index is 12.0. The standard InChI is InChI=1S/C14H17ClN2O/c1-16-14(18)17(12-5-3-2-4-6-12)13-9-7-11(15)8-10-13/h5,7-10H,2-4,6H2,1H3,(H,16,18). The molecule has 0 bridgehead atoms. The Morgan fingerprint density at radius 1 is 1.28 bits per heavy atom. The molecule has 1 aliphatic rings. The highest BCUT2D eigenvalue weighted by atomic mass is 35.5. The molecule has 0 saturated heterocycles. The molecular weight excluding hydrogens is 248 g/mol. The maximum absolute atomic E-state index is 12.0. The third kappa shape index (κ3) is 2.85. The number of amides is 2. The van der Waals surface area contributed by atoms with Gasteiger partial charge in [0, 0.05) is 17.8 Å². The summed E-state index contributed by atoms with van der Waals surface area (Å²) in [4.78, 5) is 13.8. The number of urea groups is 1. The van der Waals surface area contributed by atoms with Gasteiger partial charge in [-0.05, 0) is 49.9 Å². The molecule has 0 aromatic heterocycles. The van der Waals surface area contributed by atoms with Gasteiger partial charge in [-0.2, -0.15) is 0 Å². The van der Waals surface area contributed by atoms with Gasteiger partial charge < -0.3 is 5.32 Å². The number of allylic oxidation sites excluding steroid dienone is 2. The Morgan fingerprint density at radius 3 is 2.56 bits per heavy atom. The van der Waals surface area contributed by atoms with E-state index in [0.717, 1.165) is 30.6 Å². The Bertz CT molecular complexity index is 453. The molecule has 0 unspecified atom stereocenters. The topological polar surface area (TPSA) is 32.3 Å². The summed E-state index contributed by atoms with van der Waals surface area (Å²) in [5.74, 6) is 0. The zero-order valence-corrected chi connectivity index (χ0v) is 11.2. The van der Waals surface area contributed by atoms with E-state index in [1.165, 1.54) is 6.42 Å². The molecule has 2 rings (SSSR count). The number of hydrogen-bond acceptors (Lipinski definition) is 1. The second-order valence-electron chi connectivity index (χ2n) is 4.31. The van der Waals surface area contributed by atoms with E-state index in [9.17, 15) is 4.79 Å². The molecule has 96 valence electrons. The van der Waals surface area contributed by atoms with E-state index in [0.29, 0.717) is 5.02 Å². The Labute approximate surface area is 112 Å². The third-order valence-corrected chi connectivity index (χ3v) is 3.31. The molecule has 4 heteroatoms. The summed E-state index contributed by atoms with van der Waals surface area (Å²) < 4.78 is 0. The van der Waals surface area contributed by atoms with Crippen LogP contribution in [-0.4, -0.2) is 13.1 Å². The van der Waals surface area contributed by atoms with Gasteiger partial charge in [0.05, 0.1) is 5.69 Å². The average molecular weight is 265 g/mol. The number of anilines is 1. The SMILES string of the molecule is CNC(=O)N(C1=CCCCC1)c1ccc(Cl)cc1. The Balaban J connectivity index is 2.33. The van der Waals surface area contributed by atoms with Crippen LogP contribution in [0, 0.1) is 0 Å². The second kappa shape index (κ2) is 5.91.